The van der Waals surface area contributed by atoms with Gasteiger partial charge in [0.25, 0.3) is 0 Å². The number of rotatable bonds is 6. The van der Waals surface area contributed by atoms with Crippen LogP contribution in [0.4, 0.5) is 13.2 Å². The number of fused-ring (bicyclic) bond motifs is 3. The molecule has 0 radical (unpaired) electrons. The number of nitrogens with one attached hydrogen (secondary N) is 1. The molecule has 0 atom stereocenters. The van der Waals surface area contributed by atoms with Gasteiger partial charge in [0.2, 0.25) is 5.78 Å². The third kappa shape index (κ3) is 4.21. The lowest BCUT2D eigenvalue weighted by Gasteiger charge is -2.14. The molecule has 2 heterocycles. The van der Waals surface area contributed by atoms with Crippen molar-refractivity contribution in [3.63, 3.8) is 0 Å². The first-order valence-electron chi connectivity index (χ1n) is 11.7. The van der Waals surface area contributed by atoms with Crippen molar-refractivity contribution in [1.29, 1.82) is 0 Å². The molecule has 0 bridgehead atoms. The van der Waals surface area contributed by atoms with Gasteiger partial charge >= 0.3 is 6.18 Å². The third-order valence-electron chi connectivity index (χ3n) is 6.37. The highest BCUT2D eigenvalue weighted by Gasteiger charge is 2.39. The van der Waals surface area contributed by atoms with E-state index in [2.05, 4.69) is 10.3 Å². The summed E-state index contributed by atoms with van der Waals surface area (Å²) in [5, 5.41) is 3.21. The van der Waals surface area contributed by atoms with E-state index in [9.17, 15) is 13.2 Å². The number of alkyl halides is 3. The van der Waals surface area contributed by atoms with Crippen molar-refractivity contribution < 1.29 is 13.2 Å². The summed E-state index contributed by atoms with van der Waals surface area (Å²) in [6, 6.07) is 21.5. The van der Waals surface area contributed by atoms with Gasteiger partial charge in [0, 0.05) is 6.54 Å². The number of hydrogen-bond acceptors (Lipinski definition) is 2. The first-order chi connectivity index (χ1) is 16.8. The second kappa shape index (κ2) is 8.89. The van der Waals surface area contributed by atoms with Crippen molar-refractivity contribution in [1.82, 2.24) is 19.3 Å². The van der Waals surface area contributed by atoms with Crippen LogP contribution in [0, 0.1) is 20.8 Å². The number of benzene rings is 3. The van der Waals surface area contributed by atoms with Gasteiger partial charge in [-0.2, -0.15) is 13.2 Å². The number of imidazole rings is 2. The van der Waals surface area contributed by atoms with Crippen LogP contribution in [0.5, 0.6) is 0 Å². The van der Waals surface area contributed by atoms with Crippen molar-refractivity contribution in [2.45, 2.75) is 39.9 Å². The lowest BCUT2D eigenvalue weighted by Crippen LogP contribution is -2.20. The summed E-state index contributed by atoms with van der Waals surface area (Å²) in [6.07, 6.45) is -3.83. The minimum atomic E-state index is -4.56. The largest absolute Gasteiger partial charge is 0.435 e. The second-order valence-electron chi connectivity index (χ2n) is 9.02. The Labute approximate surface area is 202 Å². The number of aryl methyl sites for hydroxylation is 3. The van der Waals surface area contributed by atoms with Crippen LogP contribution in [-0.4, -0.2) is 20.5 Å². The van der Waals surface area contributed by atoms with Gasteiger partial charge in [0.1, 0.15) is 0 Å². The number of nitrogens with zero attached hydrogens (tertiary/aromatic N) is 3. The Balaban J connectivity index is 1.66. The standard InChI is InChI=1S/C28H27F3N4/c1-18-15-19(2)25(20(3)16-18)35-23-12-8-7-11-22(23)34-24(26(28(29,30)31)33-27(34)35)17-32-14-13-21-9-5-4-6-10-21/h4-12,15-16,32H,13-14,17H2,1-3H3. The highest BCUT2D eigenvalue weighted by Crippen LogP contribution is 2.36. The predicted octanol–water partition coefficient (Wildman–Crippen LogP) is 6.55. The van der Waals surface area contributed by atoms with Gasteiger partial charge < -0.3 is 5.32 Å². The zero-order valence-electron chi connectivity index (χ0n) is 19.9. The molecule has 0 unspecified atom stereocenters. The van der Waals surface area contributed by atoms with Gasteiger partial charge in [-0.1, -0.05) is 60.2 Å². The van der Waals surface area contributed by atoms with E-state index in [0.29, 0.717) is 12.1 Å². The summed E-state index contributed by atoms with van der Waals surface area (Å²) in [5.74, 6) is 0.272. The lowest BCUT2D eigenvalue weighted by atomic mass is 10.0. The molecular formula is C28H27F3N4. The lowest BCUT2D eigenvalue weighted by molar-refractivity contribution is -0.141. The molecule has 2 aromatic heterocycles. The van der Waals surface area contributed by atoms with Crippen LogP contribution in [0.15, 0.2) is 66.7 Å². The average Bonchev–Trinajstić information content (AvgIpc) is 3.33. The molecule has 0 fully saturated rings. The smallest absolute Gasteiger partial charge is 0.311 e. The SMILES string of the molecule is Cc1cc(C)c(-n2c3ccccc3n3c(CNCCc4ccccc4)c(C(F)(F)F)nc23)c(C)c1. The van der Waals surface area contributed by atoms with E-state index >= 15 is 0 Å². The van der Waals surface area contributed by atoms with Crippen molar-refractivity contribution in [2.24, 2.45) is 0 Å². The van der Waals surface area contributed by atoms with Gasteiger partial charge in [-0.25, -0.2) is 4.98 Å². The summed E-state index contributed by atoms with van der Waals surface area (Å²) < 4.78 is 46.0. The molecule has 5 aromatic rings. The fraction of sp³-hybridized carbons (Fsp3) is 0.250. The topological polar surface area (TPSA) is 34.3 Å². The molecule has 0 saturated carbocycles. The molecule has 0 aliphatic rings. The van der Waals surface area contributed by atoms with Crippen LogP contribution < -0.4 is 5.32 Å². The van der Waals surface area contributed by atoms with Crippen molar-refractivity contribution in [2.75, 3.05) is 6.54 Å². The van der Waals surface area contributed by atoms with E-state index in [4.69, 9.17) is 0 Å². The first kappa shape index (κ1) is 23.2. The quantitative estimate of drug-likeness (QED) is 0.282. The molecule has 0 aliphatic carbocycles. The molecule has 0 aliphatic heterocycles. The Bertz CT molecular complexity index is 1490. The van der Waals surface area contributed by atoms with E-state index < -0.39 is 11.9 Å². The Kier molecular flexibility index (Phi) is 5.89. The Morgan fingerprint density at radius 1 is 0.857 bits per heavy atom. The molecular weight excluding hydrogens is 449 g/mol. The zero-order chi connectivity index (χ0) is 24.7. The monoisotopic (exact) mass is 476 g/mol. The Morgan fingerprint density at radius 2 is 1.49 bits per heavy atom. The minimum absolute atomic E-state index is 0.0582. The van der Waals surface area contributed by atoms with Crippen LogP contribution >= 0.6 is 0 Å². The van der Waals surface area contributed by atoms with Crippen LogP contribution in [-0.2, 0) is 19.1 Å². The van der Waals surface area contributed by atoms with E-state index in [1.165, 1.54) is 0 Å². The number of para-hydroxylation sites is 2. The van der Waals surface area contributed by atoms with Gasteiger partial charge in [-0.05, 0) is 62.6 Å². The number of hydrogen-bond donors (Lipinski definition) is 1. The van der Waals surface area contributed by atoms with E-state index in [1.54, 1.807) is 4.40 Å². The van der Waals surface area contributed by atoms with Crippen molar-refractivity contribution in [3.05, 3.63) is 100 Å². The summed E-state index contributed by atoms with van der Waals surface area (Å²) in [7, 11) is 0. The molecule has 35 heavy (non-hydrogen) atoms. The zero-order valence-corrected chi connectivity index (χ0v) is 19.9. The fourth-order valence-corrected chi connectivity index (χ4v) is 5.01. The number of aromatic nitrogens is 3. The van der Waals surface area contributed by atoms with Gasteiger partial charge in [-0.15, -0.1) is 0 Å². The average molecular weight is 477 g/mol. The van der Waals surface area contributed by atoms with Crippen LogP contribution in [0.2, 0.25) is 0 Å². The molecule has 180 valence electrons. The van der Waals surface area contributed by atoms with Crippen LogP contribution in [0.1, 0.15) is 33.6 Å². The maximum absolute atomic E-state index is 14.2. The Hall–Kier alpha value is -3.58. The van der Waals surface area contributed by atoms with Crippen LogP contribution in [0.3, 0.4) is 0 Å². The molecule has 1 N–H and O–H groups in total. The third-order valence-corrected chi connectivity index (χ3v) is 6.37. The van der Waals surface area contributed by atoms with Crippen LogP contribution in [0.25, 0.3) is 22.5 Å². The summed E-state index contributed by atoms with van der Waals surface area (Å²) in [6.45, 7) is 6.61. The van der Waals surface area contributed by atoms with Crippen molar-refractivity contribution in [3.8, 4) is 5.69 Å². The normalized spacial score (nSPS) is 12.2. The number of halogens is 3. The maximum atomic E-state index is 14.2. The highest BCUT2D eigenvalue weighted by molar-refractivity contribution is 5.85. The molecule has 7 heteroatoms. The van der Waals surface area contributed by atoms with Gasteiger partial charge in [0.05, 0.1) is 22.4 Å². The minimum Gasteiger partial charge on any atom is -0.311 e. The molecule has 4 nitrogen and oxygen atoms in total. The van der Waals surface area contributed by atoms with Crippen molar-refractivity contribution >= 4 is 16.8 Å². The summed E-state index contributed by atoms with van der Waals surface area (Å²) in [4.78, 5) is 4.20. The summed E-state index contributed by atoms with van der Waals surface area (Å²) >= 11 is 0. The molecule has 0 spiro atoms. The molecule has 5 rings (SSSR count). The first-order valence-corrected chi connectivity index (χ1v) is 11.7. The van der Waals surface area contributed by atoms with Gasteiger partial charge in [0.15, 0.2) is 5.69 Å². The maximum Gasteiger partial charge on any atom is 0.435 e. The van der Waals surface area contributed by atoms with E-state index in [1.807, 2.05) is 92.1 Å². The predicted molar refractivity (Wildman–Crippen MR) is 133 cm³/mol. The molecule has 3 aromatic carbocycles. The summed E-state index contributed by atoms with van der Waals surface area (Å²) in [5.41, 5.74) is 5.89. The van der Waals surface area contributed by atoms with E-state index in [-0.39, 0.29) is 18.0 Å². The highest BCUT2D eigenvalue weighted by atomic mass is 19.4. The van der Waals surface area contributed by atoms with E-state index in [0.717, 1.165) is 39.9 Å². The van der Waals surface area contributed by atoms with Gasteiger partial charge in [-0.3, -0.25) is 8.97 Å². The Morgan fingerprint density at radius 3 is 2.14 bits per heavy atom. The molecule has 0 amide bonds. The second-order valence-corrected chi connectivity index (χ2v) is 9.02. The fourth-order valence-electron chi connectivity index (χ4n) is 5.01. The molecule has 0 saturated heterocycles.